The normalized spacial score (nSPS) is 18.0. The summed E-state index contributed by atoms with van der Waals surface area (Å²) < 4.78 is 19.3. The Kier molecular flexibility index (Phi) is 11.1. The van der Waals surface area contributed by atoms with E-state index in [1.165, 1.54) is 6.07 Å². The number of aliphatic imine (C=N–C) groups is 1. The molecule has 2 fully saturated rings. The highest BCUT2D eigenvalue weighted by Crippen LogP contribution is 2.13. The second-order valence-corrected chi connectivity index (χ2v) is 8.32. The van der Waals surface area contributed by atoms with E-state index < -0.39 is 0 Å². The Hall–Kier alpha value is -1.50. The van der Waals surface area contributed by atoms with Crippen LogP contribution in [0.4, 0.5) is 4.39 Å². The third-order valence-electron chi connectivity index (χ3n) is 5.65. The fourth-order valence-electron chi connectivity index (χ4n) is 3.94. The average molecular weight is 562 g/mol. The number of hydrogen-bond donors (Lipinski definition) is 1. The zero-order chi connectivity index (χ0) is 22.2. The standard InChI is InChI=1S/C22H35FN6O2.HI/c1-24-22(25-15-18-4-5-20(23)19(14-18)16-26(2)3)29-8-6-27(7-9-29)17-21(30)28-10-12-31-13-11-28;/h4-5,14H,6-13,15-17H2,1-3H3,(H,24,25);1H. The highest BCUT2D eigenvalue weighted by molar-refractivity contribution is 14.0. The van der Waals surface area contributed by atoms with Crippen molar-refractivity contribution in [2.75, 3.05) is 80.2 Å². The van der Waals surface area contributed by atoms with Crippen molar-refractivity contribution < 1.29 is 13.9 Å². The van der Waals surface area contributed by atoms with Crippen molar-refractivity contribution in [2.24, 2.45) is 4.99 Å². The number of carbonyl (C=O) groups excluding carboxylic acids is 1. The van der Waals surface area contributed by atoms with Crippen molar-refractivity contribution in [3.8, 4) is 0 Å². The Morgan fingerprint density at radius 2 is 1.81 bits per heavy atom. The fraction of sp³-hybridized carbons (Fsp3) is 0.636. The molecule has 0 radical (unpaired) electrons. The van der Waals surface area contributed by atoms with Crippen LogP contribution in [-0.4, -0.2) is 112 Å². The highest BCUT2D eigenvalue weighted by Gasteiger charge is 2.24. The van der Waals surface area contributed by atoms with Crippen LogP contribution in [0.3, 0.4) is 0 Å². The summed E-state index contributed by atoms with van der Waals surface area (Å²) in [4.78, 5) is 25.1. The summed E-state index contributed by atoms with van der Waals surface area (Å²) in [7, 11) is 5.64. The van der Waals surface area contributed by atoms with Crippen molar-refractivity contribution in [2.45, 2.75) is 13.1 Å². The van der Waals surface area contributed by atoms with Gasteiger partial charge in [0.1, 0.15) is 5.82 Å². The summed E-state index contributed by atoms with van der Waals surface area (Å²) in [6, 6.07) is 5.25. The maximum absolute atomic E-state index is 14.0. The van der Waals surface area contributed by atoms with E-state index in [1.54, 1.807) is 7.05 Å². The fourth-order valence-corrected chi connectivity index (χ4v) is 3.94. The topological polar surface area (TPSA) is 63.7 Å². The molecule has 2 aliphatic rings. The van der Waals surface area contributed by atoms with E-state index >= 15 is 0 Å². The lowest BCUT2D eigenvalue weighted by Gasteiger charge is -2.37. The molecule has 3 rings (SSSR count). The molecule has 32 heavy (non-hydrogen) atoms. The second kappa shape index (κ2) is 13.3. The molecule has 1 N–H and O–H groups in total. The number of rotatable bonds is 6. The molecule has 180 valence electrons. The zero-order valence-corrected chi connectivity index (χ0v) is 21.7. The maximum atomic E-state index is 14.0. The summed E-state index contributed by atoms with van der Waals surface area (Å²) in [6.07, 6.45) is 0. The lowest BCUT2D eigenvalue weighted by molar-refractivity contribution is -0.136. The first-order valence-electron chi connectivity index (χ1n) is 10.9. The average Bonchev–Trinajstić information content (AvgIpc) is 2.77. The van der Waals surface area contributed by atoms with Gasteiger partial charge in [0, 0.05) is 65.0 Å². The van der Waals surface area contributed by atoms with Crippen molar-refractivity contribution in [3.63, 3.8) is 0 Å². The molecule has 1 aromatic rings. The molecule has 0 unspecified atom stereocenters. The third-order valence-corrected chi connectivity index (χ3v) is 5.65. The van der Waals surface area contributed by atoms with Crippen LogP contribution in [-0.2, 0) is 22.6 Å². The summed E-state index contributed by atoms with van der Waals surface area (Å²) in [5.41, 5.74) is 1.71. The number of amides is 1. The molecule has 1 amide bonds. The maximum Gasteiger partial charge on any atom is 0.236 e. The first-order chi connectivity index (χ1) is 15.0. The number of halogens is 2. The molecular weight excluding hydrogens is 526 g/mol. The molecule has 1 aromatic carbocycles. The Bertz CT molecular complexity index is 765. The van der Waals surface area contributed by atoms with E-state index in [1.807, 2.05) is 36.0 Å². The monoisotopic (exact) mass is 562 g/mol. The number of guanidine groups is 1. The van der Waals surface area contributed by atoms with Crippen molar-refractivity contribution >= 4 is 35.8 Å². The SMILES string of the molecule is CN=C(NCc1ccc(F)c(CN(C)C)c1)N1CCN(CC(=O)N2CCOCC2)CC1.I. The van der Waals surface area contributed by atoms with Crippen molar-refractivity contribution in [3.05, 3.63) is 35.1 Å². The van der Waals surface area contributed by atoms with Crippen molar-refractivity contribution in [1.29, 1.82) is 0 Å². The largest absolute Gasteiger partial charge is 0.378 e. The molecule has 0 bridgehead atoms. The molecule has 0 atom stereocenters. The van der Waals surface area contributed by atoms with Crippen molar-refractivity contribution in [1.82, 2.24) is 24.9 Å². The van der Waals surface area contributed by atoms with Crippen LogP contribution in [0.15, 0.2) is 23.2 Å². The molecule has 2 saturated heterocycles. The second-order valence-electron chi connectivity index (χ2n) is 8.32. The van der Waals surface area contributed by atoms with E-state index in [-0.39, 0.29) is 35.7 Å². The van der Waals surface area contributed by atoms with Crippen LogP contribution >= 0.6 is 24.0 Å². The van der Waals surface area contributed by atoms with E-state index in [4.69, 9.17) is 4.74 Å². The van der Waals surface area contributed by atoms with Gasteiger partial charge in [0.05, 0.1) is 19.8 Å². The van der Waals surface area contributed by atoms with Gasteiger partial charge >= 0.3 is 0 Å². The lowest BCUT2D eigenvalue weighted by atomic mass is 10.1. The number of hydrogen-bond acceptors (Lipinski definition) is 5. The highest BCUT2D eigenvalue weighted by atomic mass is 127. The Morgan fingerprint density at radius 1 is 1.12 bits per heavy atom. The van der Waals surface area contributed by atoms with Crippen LogP contribution in [0.25, 0.3) is 0 Å². The third kappa shape index (κ3) is 7.82. The van der Waals surface area contributed by atoms with Gasteiger partial charge in [-0.3, -0.25) is 14.7 Å². The summed E-state index contributed by atoms with van der Waals surface area (Å²) >= 11 is 0. The van der Waals surface area contributed by atoms with Crippen LogP contribution in [0.2, 0.25) is 0 Å². The molecular formula is C22H36FIN6O2. The van der Waals surface area contributed by atoms with Gasteiger partial charge < -0.3 is 24.8 Å². The van der Waals surface area contributed by atoms with Gasteiger partial charge in [0.2, 0.25) is 5.91 Å². The number of nitrogens with zero attached hydrogens (tertiary/aromatic N) is 5. The number of nitrogens with one attached hydrogen (secondary N) is 1. The van der Waals surface area contributed by atoms with Gasteiger partial charge in [-0.1, -0.05) is 6.07 Å². The van der Waals surface area contributed by atoms with Gasteiger partial charge in [-0.05, 0) is 31.8 Å². The molecule has 0 aromatic heterocycles. The Labute approximate surface area is 207 Å². The number of piperazine rings is 1. The minimum absolute atomic E-state index is 0. The molecule has 2 heterocycles. The minimum Gasteiger partial charge on any atom is -0.378 e. The number of carbonyl (C=O) groups is 1. The molecule has 0 aliphatic carbocycles. The van der Waals surface area contributed by atoms with E-state index in [0.717, 1.165) is 37.7 Å². The zero-order valence-electron chi connectivity index (χ0n) is 19.3. The number of morpholine rings is 1. The number of ether oxygens (including phenoxy) is 1. The molecule has 10 heteroatoms. The van der Waals surface area contributed by atoms with Gasteiger partial charge in [0.25, 0.3) is 0 Å². The van der Waals surface area contributed by atoms with Crippen LogP contribution in [0, 0.1) is 5.82 Å². The van der Waals surface area contributed by atoms with Crippen LogP contribution in [0.5, 0.6) is 0 Å². The van der Waals surface area contributed by atoms with E-state index in [2.05, 4.69) is 20.1 Å². The predicted molar refractivity (Wildman–Crippen MR) is 135 cm³/mol. The van der Waals surface area contributed by atoms with Gasteiger partial charge in [-0.25, -0.2) is 4.39 Å². The Balaban J connectivity index is 0.00000363. The summed E-state index contributed by atoms with van der Waals surface area (Å²) in [6.45, 7) is 7.52. The van der Waals surface area contributed by atoms with Crippen LogP contribution < -0.4 is 5.32 Å². The van der Waals surface area contributed by atoms with E-state index in [9.17, 15) is 9.18 Å². The molecule has 2 aliphatic heterocycles. The van der Waals surface area contributed by atoms with Gasteiger partial charge in [-0.15, -0.1) is 24.0 Å². The summed E-state index contributed by atoms with van der Waals surface area (Å²) in [5, 5.41) is 3.40. The predicted octanol–water partition coefficient (Wildman–Crippen LogP) is 1.06. The number of benzene rings is 1. The minimum atomic E-state index is -0.176. The quantitative estimate of drug-likeness (QED) is 0.318. The summed E-state index contributed by atoms with van der Waals surface area (Å²) in [5.74, 6) is 0.839. The molecule has 0 saturated carbocycles. The lowest BCUT2D eigenvalue weighted by Crippen LogP contribution is -2.54. The molecule has 0 spiro atoms. The first kappa shape index (κ1) is 26.7. The smallest absolute Gasteiger partial charge is 0.236 e. The van der Waals surface area contributed by atoms with Gasteiger partial charge in [-0.2, -0.15) is 0 Å². The van der Waals surface area contributed by atoms with Crippen LogP contribution in [0.1, 0.15) is 11.1 Å². The Morgan fingerprint density at radius 3 is 2.44 bits per heavy atom. The first-order valence-corrected chi connectivity index (χ1v) is 10.9. The van der Waals surface area contributed by atoms with Gasteiger partial charge in [0.15, 0.2) is 5.96 Å². The van der Waals surface area contributed by atoms with E-state index in [0.29, 0.717) is 51.5 Å². The molecule has 8 nitrogen and oxygen atoms in total.